The molecule has 3 atom stereocenters. The second-order valence-corrected chi connectivity index (χ2v) is 7.00. The highest BCUT2D eigenvalue weighted by atomic mass is 35.5. The van der Waals surface area contributed by atoms with Crippen LogP contribution in [0, 0.1) is 11.8 Å². The van der Waals surface area contributed by atoms with Crippen LogP contribution in [0.4, 0.5) is 0 Å². The Morgan fingerprint density at radius 1 is 1.38 bits per heavy atom. The van der Waals surface area contributed by atoms with E-state index in [0.717, 1.165) is 19.4 Å². The fraction of sp³-hybridized carbons (Fsp3) is 0.611. The van der Waals surface area contributed by atoms with Gasteiger partial charge in [-0.1, -0.05) is 24.3 Å². The second-order valence-electron chi connectivity index (χ2n) is 6.62. The van der Waals surface area contributed by atoms with Crippen molar-refractivity contribution in [2.24, 2.45) is 11.8 Å². The monoisotopic (exact) mass is 305 g/mol. The Balaban J connectivity index is 1.76. The van der Waals surface area contributed by atoms with Gasteiger partial charge in [-0.05, 0) is 56.1 Å². The van der Waals surface area contributed by atoms with Gasteiger partial charge in [-0.2, -0.15) is 0 Å². The lowest BCUT2D eigenvalue weighted by atomic mass is 9.92. The quantitative estimate of drug-likeness (QED) is 0.757. The maximum atomic E-state index is 12.9. The van der Waals surface area contributed by atoms with Crippen LogP contribution in [0.3, 0.4) is 0 Å². The minimum atomic E-state index is 0.214. The molecule has 0 aromatic heterocycles. The molecule has 0 aliphatic heterocycles. The first kappa shape index (κ1) is 14.9. The highest BCUT2D eigenvalue weighted by Crippen LogP contribution is 2.60. The zero-order chi connectivity index (χ0) is 15.0. The largest absolute Gasteiger partial charge is 0.340 e. The summed E-state index contributed by atoms with van der Waals surface area (Å²) >= 11 is 5.80. The van der Waals surface area contributed by atoms with Crippen LogP contribution < -0.4 is 0 Å². The van der Waals surface area contributed by atoms with Crippen molar-refractivity contribution in [3.05, 3.63) is 35.4 Å². The first-order valence-corrected chi connectivity index (χ1v) is 8.63. The summed E-state index contributed by atoms with van der Waals surface area (Å²) in [5, 5.41) is 0. The number of nitrogens with zero attached hydrogens (tertiary/aromatic N) is 1. The van der Waals surface area contributed by atoms with Crippen molar-refractivity contribution in [1.82, 2.24) is 4.90 Å². The van der Waals surface area contributed by atoms with Crippen LogP contribution >= 0.6 is 11.6 Å². The normalized spacial score (nSPS) is 26.2. The average molecular weight is 306 g/mol. The SMILES string of the molecule is CC(C)N(CCCCl)C(=O)C1C2CCc3ccccc3C21. The minimum absolute atomic E-state index is 0.214. The zero-order valence-corrected chi connectivity index (χ0v) is 13.6. The lowest BCUT2D eigenvalue weighted by molar-refractivity contribution is -0.134. The predicted molar refractivity (Wildman–Crippen MR) is 86.7 cm³/mol. The lowest BCUT2D eigenvalue weighted by Gasteiger charge is -2.27. The highest BCUT2D eigenvalue weighted by molar-refractivity contribution is 6.17. The molecular formula is C18H24ClNO. The third kappa shape index (κ3) is 2.70. The topological polar surface area (TPSA) is 20.3 Å². The number of carbonyl (C=O) groups is 1. The molecule has 114 valence electrons. The molecular weight excluding hydrogens is 282 g/mol. The van der Waals surface area contributed by atoms with Crippen molar-refractivity contribution in [3.63, 3.8) is 0 Å². The van der Waals surface area contributed by atoms with E-state index in [9.17, 15) is 4.79 Å². The number of alkyl halides is 1. The van der Waals surface area contributed by atoms with Gasteiger partial charge in [0.15, 0.2) is 0 Å². The number of amides is 1. The molecule has 2 nitrogen and oxygen atoms in total. The van der Waals surface area contributed by atoms with Gasteiger partial charge in [0, 0.05) is 24.4 Å². The van der Waals surface area contributed by atoms with E-state index >= 15 is 0 Å². The van der Waals surface area contributed by atoms with Crippen molar-refractivity contribution in [2.75, 3.05) is 12.4 Å². The Hall–Kier alpha value is -1.02. The summed E-state index contributed by atoms with van der Waals surface area (Å²) in [7, 11) is 0. The van der Waals surface area contributed by atoms with Crippen molar-refractivity contribution >= 4 is 17.5 Å². The molecule has 0 radical (unpaired) electrons. The third-order valence-electron chi connectivity index (χ3n) is 5.05. The molecule has 2 aliphatic rings. The molecule has 0 heterocycles. The molecule has 3 heteroatoms. The van der Waals surface area contributed by atoms with E-state index in [1.807, 2.05) is 4.90 Å². The number of fused-ring (bicyclic) bond motifs is 3. The summed E-state index contributed by atoms with van der Waals surface area (Å²) in [6, 6.07) is 8.92. The molecule has 0 bridgehead atoms. The predicted octanol–water partition coefficient (Wildman–Crippen LogP) is 3.83. The molecule has 2 aliphatic carbocycles. The average Bonchev–Trinajstić information content (AvgIpc) is 3.22. The van der Waals surface area contributed by atoms with Crippen LogP contribution in [0.15, 0.2) is 24.3 Å². The number of carbonyl (C=O) groups excluding carboxylic acids is 1. The molecule has 1 fully saturated rings. The summed E-state index contributed by atoms with van der Waals surface area (Å²) in [5.41, 5.74) is 2.87. The fourth-order valence-electron chi connectivity index (χ4n) is 3.95. The van der Waals surface area contributed by atoms with Crippen molar-refractivity contribution in [2.45, 2.75) is 45.1 Å². The molecule has 1 saturated carbocycles. The maximum absolute atomic E-state index is 12.9. The van der Waals surface area contributed by atoms with E-state index in [0.29, 0.717) is 23.6 Å². The van der Waals surface area contributed by atoms with Crippen LogP contribution in [0.25, 0.3) is 0 Å². The first-order valence-electron chi connectivity index (χ1n) is 8.09. The molecule has 21 heavy (non-hydrogen) atoms. The minimum Gasteiger partial charge on any atom is -0.340 e. The molecule has 3 rings (SSSR count). The smallest absolute Gasteiger partial charge is 0.226 e. The Morgan fingerprint density at radius 3 is 2.86 bits per heavy atom. The number of benzene rings is 1. The standard InChI is InChI=1S/C18H24ClNO/c1-12(2)20(11-5-10-19)18(21)17-15-9-8-13-6-3-4-7-14(13)16(15)17/h3-4,6-7,12,15-17H,5,8-11H2,1-2H3. The van der Waals surface area contributed by atoms with Crippen molar-refractivity contribution in [3.8, 4) is 0 Å². The van der Waals surface area contributed by atoms with Crippen LogP contribution in [0.5, 0.6) is 0 Å². The van der Waals surface area contributed by atoms with Gasteiger partial charge in [0.2, 0.25) is 5.91 Å². The Kier molecular flexibility index (Phi) is 4.26. The van der Waals surface area contributed by atoms with Gasteiger partial charge in [0.25, 0.3) is 0 Å². The highest BCUT2D eigenvalue weighted by Gasteiger charge is 2.57. The van der Waals surface area contributed by atoms with E-state index in [1.54, 1.807) is 0 Å². The van der Waals surface area contributed by atoms with Gasteiger partial charge in [0.05, 0.1) is 0 Å². The zero-order valence-electron chi connectivity index (χ0n) is 12.9. The lowest BCUT2D eigenvalue weighted by Crippen LogP contribution is -2.39. The fourth-order valence-corrected chi connectivity index (χ4v) is 4.07. The van der Waals surface area contributed by atoms with E-state index in [1.165, 1.54) is 17.5 Å². The van der Waals surface area contributed by atoms with Crippen LogP contribution in [0.1, 0.15) is 43.7 Å². The second kappa shape index (κ2) is 6.00. The van der Waals surface area contributed by atoms with E-state index in [-0.39, 0.29) is 12.0 Å². The molecule has 0 spiro atoms. The summed E-state index contributed by atoms with van der Waals surface area (Å²) in [6.45, 7) is 5.00. The van der Waals surface area contributed by atoms with Gasteiger partial charge in [0.1, 0.15) is 0 Å². The Labute approximate surface area is 132 Å². The number of hydrogen-bond donors (Lipinski definition) is 0. The molecule has 1 aromatic carbocycles. The number of hydrogen-bond acceptors (Lipinski definition) is 1. The Bertz CT molecular complexity index is 528. The van der Waals surface area contributed by atoms with E-state index in [2.05, 4.69) is 38.1 Å². The van der Waals surface area contributed by atoms with Gasteiger partial charge < -0.3 is 4.90 Å². The van der Waals surface area contributed by atoms with Crippen molar-refractivity contribution in [1.29, 1.82) is 0 Å². The van der Waals surface area contributed by atoms with Crippen LogP contribution in [-0.4, -0.2) is 29.3 Å². The van der Waals surface area contributed by atoms with Gasteiger partial charge >= 0.3 is 0 Å². The number of aryl methyl sites for hydroxylation is 1. The summed E-state index contributed by atoms with van der Waals surface area (Å²) in [4.78, 5) is 14.9. The van der Waals surface area contributed by atoms with Crippen molar-refractivity contribution < 1.29 is 4.79 Å². The molecule has 0 N–H and O–H groups in total. The summed E-state index contributed by atoms with van der Waals surface area (Å²) in [5.74, 6) is 2.23. The number of rotatable bonds is 5. The summed E-state index contributed by atoms with van der Waals surface area (Å²) < 4.78 is 0. The molecule has 1 aromatic rings. The van der Waals surface area contributed by atoms with Crippen LogP contribution in [-0.2, 0) is 11.2 Å². The first-order chi connectivity index (χ1) is 10.1. The molecule has 3 unspecified atom stereocenters. The van der Waals surface area contributed by atoms with Crippen LogP contribution in [0.2, 0.25) is 0 Å². The van der Waals surface area contributed by atoms with Gasteiger partial charge in [-0.3, -0.25) is 4.79 Å². The summed E-state index contributed by atoms with van der Waals surface area (Å²) in [6.07, 6.45) is 3.17. The molecule has 1 amide bonds. The van der Waals surface area contributed by atoms with Gasteiger partial charge in [-0.25, -0.2) is 0 Å². The van der Waals surface area contributed by atoms with E-state index < -0.39 is 0 Å². The maximum Gasteiger partial charge on any atom is 0.226 e. The third-order valence-corrected chi connectivity index (χ3v) is 5.32. The molecule has 0 saturated heterocycles. The van der Waals surface area contributed by atoms with Gasteiger partial charge in [-0.15, -0.1) is 11.6 Å². The Morgan fingerprint density at radius 2 is 2.14 bits per heavy atom. The van der Waals surface area contributed by atoms with E-state index in [4.69, 9.17) is 11.6 Å². The number of halogens is 1.